The lowest BCUT2D eigenvalue weighted by Crippen LogP contribution is -2.29. The van der Waals surface area contributed by atoms with E-state index in [1.165, 1.54) is 22.8 Å². The zero-order valence-corrected chi connectivity index (χ0v) is 14.4. The molecule has 0 spiro atoms. The number of nitrogens with one attached hydrogen (secondary N) is 1. The van der Waals surface area contributed by atoms with Gasteiger partial charge < -0.3 is 5.32 Å². The summed E-state index contributed by atoms with van der Waals surface area (Å²) in [6, 6.07) is 18.1. The van der Waals surface area contributed by atoms with E-state index in [1.54, 1.807) is 48.5 Å². The van der Waals surface area contributed by atoms with Crippen LogP contribution in [0.3, 0.4) is 0 Å². The van der Waals surface area contributed by atoms with Gasteiger partial charge in [-0.05, 0) is 12.1 Å². The van der Waals surface area contributed by atoms with Gasteiger partial charge in [0.25, 0.3) is 0 Å². The fourth-order valence-corrected chi connectivity index (χ4v) is 4.54. The minimum atomic E-state index is -3.88. The van der Waals surface area contributed by atoms with Crippen LogP contribution in [0.15, 0.2) is 76.5 Å². The van der Waals surface area contributed by atoms with Crippen molar-refractivity contribution in [1.29, 1.82) is 0 Å². The molecule has 2 aromatic carbocycles. The van der Waals surface area contributed by atoms with Crippen molar-refractivity contribution in [1.82, 2.24) is 4.57 Å². The molecule has 7 heteroatoms. The molecule has 1 aliphatic heterocycles. The molecule has 6 nitrogen and oxygen atoms in total. The smallest absolute Gasteiger partial charge is 0.242 e. The predicted molar refractivity (Wildman–Crippen MR) is 95.6 cm³/mol. The summed E-state index contributed by atoms with van der Waals surface area (Å²) in [5, 5.41) is 2.58. The third kappa shape index (κ3) is 2.53. The van der Waals surface area contributed by atoms with Crippen molar-refractivity contribution in [3.8, 4) is 11.3 Å². The summed E-state index contributed by atoms with van der Waals surface area (Å²) in [4.78, 5) is 24.3. The lowest BCUT2D eigenvalue weighted by molar-refractivity contribution is -0.115. The average Bonchev–Trinajstić information content (AvgIpc) is 3.03. The van der Waals surface area contributed by atoms with Crippen molar-refractivity contribution in [2.24, 2.45) is 0 Å². The van der Waals surface area contributed by atoms with Crippen LogP contribution in [0, 0.1) is 0 Å². The number of hydrogen-bond acceptors (Lipinski definition) is 4. The van der Waals surface area contributed by atoms with Gasteiger partial charge in [0.1, 0.15) is 17.1 Å². The number of aromatic nitrogens is 1. The molecule has 4 rings (SSSR count). The van der Waals surface area contributed by atoms with Gasteiger partial charge >= 0.3 is 0 Å². The van der Waals surface area contributed by atoms with E-state index in [2.05, 4.69) is 5.32 Å². The zero-order valence-electron chi connectivity index (χ0n) is 13.5. The zero-order chi connectivity index (χ0) is 18.3. The molecule has 0 saturated heterocycles. The highest BCUT2D eigenvalue weighted by molar-refractivity contribution is 7.91. The topological polar surface area (TPSA) is 85.2 Å². The molecule has 0 unspecified atom stereocenters. The normalized spacial score (nSPS) is 14.0. The largest absolute Gasteiger partial charge is 0.311 e. The maximum atomic E-state index is 13.2. The first-order chi connectivity index (χ1) is 12.5. The number of carbonyl (C=O) groups excluding carboxylic acids is 2. The van der Waals surface area contributed by atoms with Crippen LogP contribution in [0.1, 0.15) is 11.2 Å². The number of anilines is 1. The molecule has 0 radical (unpaired) electrons. The Morgan fingerprint density at radius 1 is 0.885 bits per heavy atom. The first kappa shape index (κ1) is 16.3. The quantitative estimate of drug-likeness (QED) is 0.722. The minimum Gasteiger partial charge on any atom is -0.311 e. The third-order valence-electron chi connectivity index (χ3n) is 4.18. The molecule has 0 aliphatic carbocycles. The molecule has 0 bridgehead atoms. The summed E-state index contributed by atoms with van der Waals surface area (Å²) >= 11 is 0. The van der Waals surface area contributed by atoms with Crippen LogP contribution in [-0.2, 0) is 14.6 Å². The highest BCUT2D eigenvalue weighted by Gasteiger charge is 2.33. The van der Waals surface area contributed by atoms with Crippen molar-refractivity contribution >= 4 is 27.5 Å². The van der Waals surface area contributed by atoms with E-state index in [-0.39, 0.29) is 27.7 Å². The summed E-state index contributed by atoms with van der Waals surface area (Å²) in [5.74, 6) is -0.750. The first-order valence-corrected chi connectivity index (χ1v) is 9.41. The second-order valence-electron chi connectivity index (χ2n) is 5.88. The number of amides is 1. The second kappa shape index (κ2) is 5.96. The number of sulfone groups is 1. The average molecular weight is 366 g/mol. The van der Waals surface area contributed by atoms with Gasteiger partial charge in [-0.2, -0.15) is 0 Å². The number of hydrogen-bond donors (Lipinski definition) is 1. The standard InChI is InChI=1S/C19H14N2O4S/c22-17-12-18(23)21-16(20-17)11-15(19(21)13-7-3-1-4-8-13)26(24,25)14-9-5-2-6-10-14/h1-11H,12H2,(H,20,22). The fourth-order valence-electron chi connectivity index (χ4n) is 3.04. The Labute approximate surface area is 150 Å². The van der Waals surface area contributed by atoms with Gasteiger partial charge in [0, 0.05) is 11.6 Å². The predicted octanol–water partition coefficient (Wildman–Crippen LogP) is 2.97. The van der Waals surface area contributed by atoms with Crippen LogP contribution in [0.2, 0.25) is 0 Å². The molecule has 0 saturated carbocycles. The SMILES string of the molecule is O=C1CC(=O)n2c(cc(S(=O)(=O)c3ccccc3)c2-c2ccccc2)N1. The molecule has 2 heterocycles. The van der Waals surface area contributed by atoms with Crippen molar-refractivity contribution in [2.75, 3.05) is 5.32 Å². The Morgan fingerprint density at radius 2 is 1.50 bits per heavy atom. The van der Waals surface area contributed by atoms with E-state index in [9.17, 15) is 18.0 Å². The molecule has 26 heavy (non-hydrogen) atoms. The van der Waals surface area contributed by atoms with Crippen LogP contribution < -0.4 is 5.32 Å². The Kier molecular flexibility index (Phi) is 3.73. The van der Waals surface area contributed by atoms with E-state index < -0.39 is 21.7 Å². The molecular formula is C19H14N2O4S. The van der Waals surface area contributed by atoms with Crippen LogP contribution in [0.25, 0.3) is 11.3 Å². The first-order valence-electron chi connectivity index (χ1n) is 7.93. The van der Waals surface area contributed by atoms with Crippen LogP contribution in [0.4, 0.5) is 5.82 Å². The highest BCUT2D eigenvalue weighted by Crippen LogP contribution is 2.37. The van der Waals surface area contributed by atoms with Gasteiger partial charge in [-0.15, -0.1) is 0 Å². The molecule has 130 valence electrons. The maximum absolute atomic E-state index is 13.2. The van der Waals surface area contributed by atoms with Gasteiger partial charge in [0.05, 0.1) is 10.6 Å². The van der Waals surface area contributed by atoms with E-state index >= 15 is 0 Å². The second-order valence-corrected chi connectivity index (χ2v) is 7.80. The summed E-state index contributed by atoms with van der Waals surface area (Å²) in [6.45, 7) is 0. The Hall–Kier alpha value is -3.19. The number of rotatable bonds is 3. The number of benzene rings is 2. The van der Waals surface area contributed by atoms with E-state index in [0.29, 0.717) is 5.56 Å². The van der Waals surface area contributed by atoms with Crippen LogP contribution in [-0.4, -0.2) is 24.8 Å². The molecule has 0 fully saturated rings. The van der Waals surface area contributed by atoms with E-state index in [1.807, 2.05) is 0 Å². The summed E-state index contributed by atoms with van der Waals surface area (Å²) in [6.07, 6.45) is -0.327. The van der Waals surface area contributed by atoms with Gasteiger partial charge in [-0.3, -0.25) is 14.2 Å². The van der Waals surface area contributed by atoms with Gasteiger partial charge in [0.15, 0.2) is 0 Å². The van der Waals surface area contributed by atoms with Crippen molar-refractivity contribution in [3.05, 3.63) is 66.7 Å². The number of fused-ring (bicyclic) bond motifs is 1. The maximum Gasteiger partial charge on any atom is 0.242 e. The van der Waals surface area contributed by atoms with Crippen molar-refractivity contribution < 1.29 is 18.0 Å². The molecule has 1 amide bonds. The van der Waals surface area contributed by atoms with Crippen molar-refractivity contribution in [2.45, 2.75) is 16.2 Å². The molecule has 3 aromatic rings. The van der Waals surface area contributed by atoms with Gasteiger partial charge in [-0.1, -0.05) is 48.5 Å². The number of nitrogens with zero attached hydrogens (tertiary/aromatic N) is 1. The lowest BCUT2D eigenvalue weighted by Gasteiger charge is -2.17. The van der Waals surface area contributed by atoms with Crippen LogP contribution in [0.5, 0.6) is 0 Å². The van der Waals surface area contributed by atoms with Gasteiger partial charge in [0.2, 0.25) is 21.7 Å². The molecule has 1 N–H and O–H groups in total. The fraction of sp³-hybridized carbons (Fsp3) is 0.0526. The molecular weight excluding hydrogens is 352 g/mol. The lowest BCUT2D eigenvalue weighted by atomic mass is 10.1. The van der Waals surface area contributed by atoms with E-state index in [4.69, 9.17) is 0 Å². The molecule has 1 aliphatic rings. The Bertz CT molecular complexity index is 1120. The van der Waals surface area contributed by atoms with Crippen LogP contribution >= 0.6 is 0 Å². The molecule has 0 atom stereocenters. The monoisotopic (exact) mass is 366 g/mol. The number of carbonyl (C=O) groups is 2. The molecule has 1 aromatic heterocycles. The summed E-state index contributed by atoms with van der Waals surface area (Å²) in [7, 11) is -3.88. The van der Waals surface area contributed by atoms with Gasteiger partial charge in [-0.25, -0.2) is 8.42 Å². The Morgan fingerprint density at radius 3 is 2.15 bits per heavy atom. The van der Waals surface area contributed by atoms with E-state index in [0.717, 1.165) is 0 Å². The van der Waals surface area contributed by atoms with Crippen molar-refractivity contribution in [3.63, 3.8) is 0 Å². The summed E-state index contributed by atoms with van der Waals surface area (Å²) < 4.78 is 27.7. The third-order valence-corrected chi connectivity index (χ3v) is 5.97. The highest BCUT2D eigenvalue weighted by atomic mass is 32.2. The Balaban J connectivity index is 2.03. The minimum absolute atomic E-state index is 0.0135. The summed E-state index contributed by atoms with van der Waals surface area (Å²) in [5.41, 5.74) is 0.840.